The lowest BCUT2D eigenvalue weighted by molar-refractivity contribution is 0.0990. The molecule has 0 aliphatic heterocycles. The zero-order chi connectivity index (χ0) is 10.8. The van der Waals surface area contributed by atoms with E-state index in [-0.39, 0.29) is 5.82 Å². The van der Waals surface area contributed by atoms with Crippen LogP contribution >= 0.6 is 0 Å². The van der Waals surface area contributed by atoms with E-state index in [0.717, 1.165) is 5.56 Å². The smallest absolute Gasteiger partial charge is 0.288 e. The van der Waals surface area contributed by atoms with Crippen molar-refractivity contribution in [2.75, 3.05) is 0 Å². The molecule has 0 bridgehead atoms. The third-order valence-electron chi connectivity index (χ3n) is 1.84. The van der Waals surface area contributed by atoms with Crippen LogP contribution in [0.4, 0.5) is 0 Å². The number of pyridine rings is 1. The third kappa shape index (κ3) is 1.83. The highest BCUT2D eigenvalue weighted by Crippen LogP contribution is 2.03. The Bertz CT molecular complexity index is 487. The van der Waals surface area contributed by atoms with Crippen LogP contribution in [0.3, 0.4) is 0 Å². The maximum absolute atomic E-state index is 10.8. The monoisotopic (exact) mass is 203 g/mol. The van der Waals surface area contributed by atoms with Crippen LogP contribution in [-0.4, -0.2) is 25.7 Å². The normalized spacial score (nSPS) is 10.2. The number of amides is 1. The highest BCUT2D eigenvalue weighted by molar-refractivity contribution is 5.88. The Morgan fingerprint density at radius 3 is 2.73 bits per heavy atom. The van der Waals surface area contributed by atoms with Crippen LogP contribution < -0.4 is 5.73 Å². The molecule has 15 heavy (non-hydrogen) atoms. The highest BCUT2D eigenvalue weighted by Gasteiger charge is 2.07. The number of primary amides is 1. The van der Waals surface area contributed by atoms with Crippen molar-refractivity contribution in [1.82, 2.24) is 19.7 Å². The molecule has 76 valence electrons. The van der Waals surface area contributed by atoms with Crippen molar-refractivity contribution in [1.29, 1.82) is 0 Å². The molecular weight excluding hydrogens is 194 g/mol. The van der Waals surface area contributed by atoms with Gasteiger partial charge in [0.05, 0.1) is 0 Å². The summed E-state index contributed by atoms with van der Waals surface area (Å²) < 4.78 is 1.40. The molecule has 6 nitrogen and oxygen atoms in total. The van der Waals surface area contributed by atoms with Gasteiger partial charge >= 0.3 is 0 Å². The molecule has 0 saturated carbocycles. The summed E-state index contributed by atoms with van der Waals surface area (Å²) in [5, 5.41) is 3.88. The fraction of sp³-hybridized carbons (Fsp3) is 0.111. The molecule has 0 fully saturated rings. The number of rotatable bonds is 2. The van der Waals surface area contributed by atoms with E-state index in [0.29, 0.717) is 5.82 Å². The molecule has 0 saturated heterocycles. The van der Waals surface area contributed by atoms with Crippen LogP contribution in [0.25, 0.3) is 5.82 Å². The maximum Gasteiger partial charge on any atom is 0.288 e. The first-order valence-electron chi connectivity index (χ1n) is 4.31. The summed E-state index contributed by atoms with van der Waals surface area (Å²) in [4.78, 5) is 18.6. The SMILES string of the molecule is Cc1ccc(-n2cnc(C(N)=O)n2)nc1. The lowest BCUT2D eigenvalue weighted by atomic mass is 10.3. The van der Waals surface area contributed by atoms with E-state index in [1.54, 1.807) is 12.3 Å². The fourth-order valence-corrected chi connectivity index (χ4v) is 1.08. The van der Waals surface area contributed by atoms with Gasteiger partial charge in [-0.2, -0.15) is 0 Å². The maximum atomic E-state index is 10.8. The molecule has 0 atom stereocenters. The first-order valence-corrected chi connectivity index (χ1v) is 4.31. The van der Waals surface area contributed by atoms with E-state index in [1.807, 2.05) is 13.0 Å². The van der Waals surface area contributed by atoms with Gasteiger partial charge in [0, 0.05) is 6.20 Å². The Balaban J connectivity index is 2.37. The fourth-order valence-electron chi connectivity index (χ4n) is 1.08. The molecule has 2 heterocycles. The van der Waals surface area contributed by atoms with Gasteiger partial charge in [-0.05, 0) is 18.6 Å². The molecule has 2 rings (SSSR count). The summed E-state index contributed by atoms with van der Waals surface area (Å²) in [5.41, 5.74) is 6.08. The van der Waals surface area contributed by atoms with Crippen LogP contribution in [0.15, 0.2) is 24.7 Å². The van der Waals surface area contributed by atoms with Crippen LogP contribution in [0.1, 0.15) is 16.2 Å². The van der Waals surface area contributed by atoms with Crippen LogP contribution in [0, 0.1) is 6.92 Å². The average Bonchev–Trinajstić information content (AvgIpc) is 2.68. The number of aryl methyl sites for hydroxylation is 1. The molecule has 1 amide bonds. The summed E-state index contributed by atoms with van der Waals surface area (Å²) in [5.74, 6) is -0.0705. The molecule has 0 unspecified atom stereocenters. The van der Waals surface area contributed by atoms with E-state index in [4.69, 9.17) is 5.73 Å². The summed E-state index contributed by atoms with van der Waals surface area (Å²) in [6.45, 7) is 1.94. The zero-order valence-corrected chi connectivity index (χ0v) is 8.08. The Morgan fingerprint density at radius 1 is 1.40 bits per heavy atom. The van der Waals surface area contributed by atoms with Gasteiger partial charge in [-0.25, -0.2) is 14.6 Å². The Hall–Kier alpha value is -2.24. The molecule has 0 aromatic carbocycles. The molecule has 0 radical (unpaired) electrons. The summed E-state index contributed by atoms with van der Waals surface area (Å²) >= 11 is 0. The molecule has 0 aliphatic carbocycles. The Labute approximate surface area is 85.8 Å². The lowest BCUT2D eigenvalue weighted by Crippen LogP contribution is -2.13. The number of hydrogen-bond acceptors (Lipinski definition) is 4. The minimum absolute atomic E-state index is 0.0163. The molecule has 2 aromatic heterocycles. The minimum atomic E-state index is -0.652. The van der Waals surface area contributed by atoms with E-state index in [1.165, 1.54) is 11.0 Å². The second-order valence-corrected chi connectivity index (χ2v) is 3.07. The Morgan fingerprint density at radius 2 is 2.20 bits per heavy atom. The van der Waals surface area contributed by atoms with Crippen LogP contribution in [0.2, 0.25) is 0 Å². The van der Waals surface area contributed by atoms with Gasteiger partial charge in [-0.15, -0.1) is 5.10 Å². The third-order valence-corrected chi connectivity index (χ3v) is 1.84. The topological polar surface area (TPSA) is 86.7 Å². The number of aromatic nitrogens is 4. The van der Waals surface area contributed by atoms with Gasteiger partial charge in [0.2, 0.25) is 5.82 Å². The second kappa shape index (κ2) is 3.49. The van der Waals surface area contributed by atoms with Crippen molar-refractivity contribution in [2.45, 2.75) is 6.92 Å². The highest BCUT2D eigenvalue weighted by atomic mass is 16.1. The zero-order valence-electron chi connectivity index (χ0n) is 8.08. The van der Waals surface area contributed by atoms with E-state index >= 15 is 0 Å². The molecule has 0 spiro atoms. The molecule has 2 aromatic rings. The summed E-state index contributed by atoms with van der Waals surface area (Å²) in [6.07, 6.45) is 3.11. The second-order valence-electron chi connectivity index (χ2n) is 3.07. The Kier molecular flexibility index (Phi) is 2.17. The first-order chi connectivity index (χ1) is 7.16. The number of nitrogens with two attached hydrogens (primary N) is 1. The lowest BCUT2D eigenvalue weighted by Gasteiger charge is -1.98. The summed E-state index contributed by atoms with van der Waals surface area (Å²) in [6, 6.07) is 3.68. The molecular formula is C9H9N5O. The average molecular weight is 203 g/mol. The number of carbonyl (C=O) groups excluding carboxylic acids is 1. The van der Waals surface area contributed by atoms with E-state index in [9.17, 15) is 4.79 Å². The standard InChI is InChI=1S/C9H9N5O/c1-6-2-3-7(11-4-6)14-5-12-9(13-14)8(10)15/h2-5H,1H3,(H2,10,15). The van der Waals surface area contributed by atoms with Crippen LogP contribution in [-0.2, 0) is 0 Å². The van der Waals surface area contributed by atoms with Crippen molar-refractivity contribution in [2.24, 2.45) is 5.73 Å². The van der Waals surface area contributed by atoms with Gasteiger partial charge in [0.15, 0.2) is 5.82 Å². The number of carbonyl (C=O) groups is 1. The van der Waals surface area contributed by atoms with Gasteiger partial charge in [0.25, 0.3) is 5.91 Å². The van der Waals surface area contributed by atoms with Crippen LogP contribution in [0.5, 0.6) is 0 Å². The van der Waals surface area contributed by atoms with Crippen molar-refractivity contribution in [3.05, 3.63) is 36.0 Å². The summed E-state index contributed by atoms with van der Waals surface area (Å²) in [7, 11) is 0. The number of nitrogens with zero attached hydrogens (tertiary/aromatic N) is 4. The van der Waals surface area contributed by atoms with Crippen molar-refractivity contribution >= 4 is 5.91 Å². The van der Waals surface area contributed by atoms with E-state index < -0.39 is 5.91 Å². The van der Waals surface area contributed by atoms with Gasteiger partial charge < -0.3 is 5.73 Å². The van der Waals surface area contributed by atoms with Gasteiger partial charge in [-0.3, -0.25) is 4.79 Å². The van der Waals surface area contributed by atoms with Crippen molar-refractivity contribution in [3.8, 4) is 5.82 Å². The van der Waals surface area contributed by atoms with Gasteiger partial charge in [0.1, 0.15) is 6.33 Å². The largest absolute Gasteiger partial charge is 0.363 e. The van der Waals surface area contributed by atoms with E-state index in [2.05, 4.69) is 15.1 Å². The van der Waals surface area contributed by atoms with Crippen molar-refractivity contribution < 1.29 is 4.79 Å². The van der Waals surface area contributed by atoms with Gasteiger partial charge in [-0.1, -0.05) is 6.07 Å². The molecule has 6 heteroatoms. The van der Waals surface area contributed by atoms with Crippen molar-refractivity contribution in [3.63, 3.8) is 0 Å². The predicted molar refractivity (Wildman–Crippen MR) is 52.4 cm³/mol. The predicted octanol–water partition coefficient (Wildman–Crippen LogP) is 0.0696. The molecule has 0 aliphatic rings. The molecule has 2 N–H and O–H groups in total. The quantitative estimate of drug-likeness (QED) is 0.748. The number of hydrogen-bond donors (Lipinski definition) is 1. The first kappa shape index (κ1) is 9.32. The minimum Gasteiger partial charge on any atom is -0.363 e.